The van der Waals surface area contributed by atoms with Crippen LogP contribution in [0.15, 0.2) is 17.2 Å². The Labute approximate surface area is 94.9 Å². The quantitative estimate of drug-likeness (QED) is 0.627. The van der Waals surface area contributed by atoms with Gasteiger partial charge in [0.25, 0.3) is 0 Å². The molecule has 0 radical (unpaired) electrons. The molecule has 2 aromatic heterocycles. The number of anilines is 1. The van der Waals surface area contributed by atoms with Crippen LogP contribution in [0.4, 0.5) is 5.82 Å². The normalized spacial score (nSPS) is 10.1. The molecule has 0 aromatic carbocycles. The summed E-state index contributed by atoms with van der Waals surface area (Å²) in [6.45, 7) is 0.282. The second-order valence-electron chi connectivity index (χ2n) is 2.75. The van der Waals surface area contributed by atoms with E-state index in [1.54, 1.807) is 0 Å². The molecule has 0 saturated carbocycles. The molecule has 82 valence electrons. The van der Waals surface area contributed by atoms with Gasteiger partial charge in [-0.1, -0.05) is 16.8 Å². The van der Waals surface area contributed by atoms with E-state index in [9.17, 15) is 4.79 Å². The van der Waals surface area contributed by atoms with E-state index in [2.05, 4.69) is 29.9 Å². The first-order chi connectivity index (χ1) is 7.81. The lowest BCUT2D eigenvalue weighted by Crippen LogP contribution is -2.06. The van der Waals surface area contributed by atoms with Gasteiger partial charge in [0.2, 0.25) is 6.39 Å². The predicted octanol–water partition coefficient (Wildman–Crippen LogP) is 0.938. The van der Waals surface area contributed by atoms with Crippen molar-refractivity contribution >= 4 is 23.7 Å². The lowest BCUT2D eigenvalue weighted by Gasteiger charge is -2.05. The Hall–Kier alpha value is -2.02. The van der Waals surface area contributed by atoms with E-state index in [1.807, 2.05) is 0 Å². The van der Waals surface area contributed by atoms with Crippen molar-refractivity contribution in [2.75, 3.05) is 5.32 Å². The Balaban J connectivity index is 2.15. The van der Waals surface area contributed by atoms with Crippen molar-refractivity contribution in [1.82, 2.24) is 20.1 Å². The number of aromatic nitrogens is 4. The van der Waals surface area contributed by atoms with Crippen molar-refractivity contribution < 1.29 is 9.32 Å². The third-order valence-corrected chi connectivity index (χ3v) is 2.08. The van der Waals surface area contributed by atoms with Crippen LogP contribution in [-0.4, -0.2) is 26.4 Å². The summed E-state index contributed by atoms with van der Waals surface area (Å²) in [7, 11) is 0. The molecule has 0 amide bonds. The van der Waals surface area contributed by atoms with Crippen molar-refractivity contribution in [1.29, 1.82) is 0 Å². The zero-order chi connectivity index (χ0) is 11.4. The van der Waals surface area contributed by atoms with E-state index in [0.717, 1.165) is 0 Å². The molecule has 0 atom stereocenters. The number of rotatable bonds is 4. The van der Waals surface area contributed by atoms with Gasteiger partial charge < -0.3 is 9.84 Å². The molecule has 0 spiro atoms. The highest BCUT2D eigenvalue weighted by Crippen LogP contribution is 2.17. The third kappa shape index (κ3) is 2.14. The number of hydrogen-bond acceptors (Lipinski definition) is 7. The van der Waals surface area contributed by atoms with Crippen LogP contribution in [0.2, 0.25) is 5.15 Å². The van der Waals surface area contributed by atoms with Crippen LogP contribution in [0, 0.1) is 0 Å². The average molecular weight is 240 g/mol. The predicted molar refractivity (Wildman–Crippen MR) is 54.1 cm³/mol. The van der Waals surface area contributed by atoms with Crippen LogP contribution in [0.25, 0.3) is 0 Å². The molecule has 2 aromatic rings. The highest BCUT2D eigenvalue weighted by Gasteiger charge is 2.09. The Bertz CT molecular complexity index is 487. The lowest BCUT2D eigenvalue weighted by molar-refractivity contribution is 0.112. The van der Waals surface area contributed by atoms with E-state index >= 15 is 0 Å². The molecular weight excluding hydrogens is 234 g/mol. The Kier molecular flexibility index (Phi) is 3.06. The van der Waals surface area contributed by atoms with Gasteiger partial charge in [-0.2, -0.15) is 4.98 Å². The summed E-state index contributed by atoms with van der Waals surface area (Å²) in [5.41, 5.74) is 0.202. The monoisotopic (exact) mass is 239 g/mol. The van der Waals surface area contributed by atoms with Crippen LogP contribution in [0.1, 0.15) is 16.2 Å². The van der Waals surface area contributed by atoms with Crippen LogP contribution in [0.3, 0.4) is 0 Å². The summed E-state index contributed by atoms with van der Waals surface area (Å²) in [6.07, 6.45) is 3.05. The van der Waals surface area contributed by atoms with Gasteiger partial charge in [-0.3, -0.25) is 4.79 Å². The van der Waals surface area contributed by atoms with Gasteiger partial charge in [0.05, 0.1) is 12.1 Å². The van der Waals surface area contributed by atoms with Crippen LogP contribution in [0.5, 0.6) is 0 Å². The van der Waals surface area contributed by atoms with Crippen molar-refractivity contribution in [3.05, 3.63) is 29.3 Å². The molecule has 2 heterocycles. The number of nitrogens with one attached hydrogen (secondary N) is 1. The molecule has 1 N–H and O–H groups in total. The summed E-state index contributed by atoms with van der Waals surface area (Å²) >= 11 is 5.72. The Morgan fingerprint density at radius 3 is 3.00 bits per heavy atom. The van der Waals surface area contributed by atoms with E-state index < -0.39 is 0 Å². The van der Waals surface area contributed by atoms with E-state index in [-0.39, 0.29) is 17.3 Å². The number of halogens is 1. The minimum absolute atomic E-state index is 0.0978. The molecule has 2 rings (SSSR count). The fourth-order valence-corrected chi connectivity index (χ4v) is 1.23. The first kappa shape index (κ1) is 10.5. The molecular formula is C8H6ClN5O2. The van der Waals surface area contributed by atoms with Gasteiger partial charge in [0.1, 0.15) is 17.3 Å². The van der Waals surface area contributed by atoms with Crippen molar-refractivity contribution in [3.8, 4) is 0 Å². The molecule has 0 aliphatic rings. The maximum atomic E-state index is 10.8. The van der Waals surface area contributed by atoms with Crippen molar-refractivity contribution in [2.24, 2.45) is 0 Å². The van der Waals surface area contributed by atoms with Gasteiger partial charge >= 0.3 is 0 Å². The molecule has 0 saturated heterocycles. The second-order valence-corrected chi connectivity index (χ2v) is 3.10. The standard InChI is InChI=1S/C8H6ClN5O2/c9-7-5(2-15)8(12-3-11-7)10-1-6-13-4-16-14-6/h2-4H,1H2,(H,10,11,12). The van der Waals surface area contributed by atoms with Gasteiger partial charge in [-0.25, -0.2) is 9.97 Å². The first-order valence-electron chi connectivity index (χ1n) is 4.26. The zero-order valence-corrected chi connectivity index (χ0v) is 8.68. The maximum Gasteiger partial charge on any atom is 0.213 e. The molecule has 8 heteroatoms. The molecule has 16 heavy (non-hydrogen) atoms. The number of carbonyl (C=O) groups excluding carboxylic acids is 1. The molecule has 0 aliphatic carbocycles. The first-order valence-corrected chi connectivity index (χ1v) is 4.64. The average Bonchev–Trinajstić information content (AvgIpc) is 2.79. The highest BCUT2D eigenvalue weighted by molar-refractivity contribution is 6.32. The van der Waals surface area contributed by atoms with Crippen LogP contribution < -0.4 is 5.32 Å². The number of hydrogen-bond donors (Lipinski definition) is 1. The minimum atomic E-state index is 0.0978. The maximum absolute atomic E-state index is 10.8. The molecule has 0 unspecified atom stereocenters. The van der Waals surface area contributed by atoms with Crippen molar-refractivity contribution in [3.63, 3.8) is 0 Å². The smallest absolute Gasteiger partial charge is 0.213 e. The molecule has 0 fully saturated rings. The van der Waals surface area contributed by atoms with E-state index in [0.29, 0.717) is 17.9 Å². The van der Waals surface area contributed by atoms with Crippen LogP contribution >= 0.6 is 11.6 Å². The number of nitrogens with zero attached hydrogens (tertiary/aromatic N) is 4. The summed E-state index contributed by atoms with van der Waals surface area (Å²) in [6, 6.07) is 0. The topological polar surface area (TPSA) is 93.8 Å². The van der Waals surface area contributed by atoms with Gasteiger partial charge in [0.15, 0.2) is 12.1 Å². The summed E-state index contributed by atoms with van der Waals surface area (Å²) < 4.78 is 4.55. The van der Waals surface area contributed by atoms with Crippen LogP contribution in [-0.2, 0) is 6.54 Å². The second kappa shape index (κ2) is 4.67. The van der Waals surface area contributed by atoms with Gasteiger partial charge in [-0.15, -0.1) is 0 Å². The fourth-order valence-electron chi connectivity index (χ4n) is 1.05. The van der Waals surface area contributed by atoms with Gasteiger partial charge in [0, 0.05) is 0 Å². The summed E-state index contributed by atoms with van der Waals surface area (Å²) in [4.78, 5) is 22.1. The third-order valence-electron chi connectivity index (χ3n) is 1.77. The van der Waals surface area contributed by atoms with Crippen molar-refractivity contribution in [2.45, 2.75) is 6.54 Å². The molecule has 7 nitrogen and oxygen atoms in total. The molecule has 0 bridgehead atoms. The largest absolute Gasteiger partial charge is 0.362 e. The van der Waals surface area contributed by atoms with E-state index in [1.165, 1.54) is 12.7 Å². The summed E-state index contributed by atoms with van der Waals surface area (Å²) in [5.74, 6) is 0.784. The summed E-state index contributed by atoms with van der Waals surface area (Å²) in [5, 5.41) is 6.55. The number of carbonyl (C=O) groups is 1. The lowest BCUT2D eigenvalue weighted by atomic mass is 10.3. The highest BCUT2D eigenvalue weighted by atomic mass is 35.5. The zero-order valence-electron chi connectivity index (χ0n) is 7.92. The minimum Gasteiger partial charge on any atom is -0.362 e. The molecule has 0 aliphatic heterocycles. The fraction of sp³-hybridized carbons (Fsp3) is 0.125. The van der Waals surface area contributed by atoms with E-state index in [4.69, 9.17) is 11.6 Å². The Morgan fingerprint density at radius 1 is 1.44 bits per heavy atom. The number of aldehydes is 1. The van der Waals surface area contributed by atoms with Gasteiger partial charge in [-0.05, 0) is 0 Å². The Morgan fingerprint density at radius 2 is 2.31 bits per heavy atom. The SMILES string of the molecule is O=Cc1c(Cl)ncnc1NCc1ncon1.